The third kappa shape index (κ3) is 6.05. The molecule has 0 fully saturated rings. The molecule has 0 spiro atoms. The maximum atomic E-state index is 11.5. The number of nitrogens with one attached hydrogen (secondary N) is 1. The van der Waals surface area contributed by atoms with Gasteiger partial charge in [-0.15, -0.1) is 11.6 Å². The Morgan fingerprint density at radius 3 is 2.82 bits per heavy atom. The summed E-state index contributed by atoms with van der Waals surface area (Å²) < 4.78 is 27.3. The highest BCUT2D eigenvalue weighted by atomic mass is 35.5. The minimum Gasteiger partial charge on any atom is -0.276 e. The predicted molar refractivity (Wildman–Crippen MR) is 68.7 cm³/mol. The molecule has 0 aliphatic carbocycles. The lowest BCUT2D eigenvalue weighted by molar-refractivity contribution is 0.578. The molecule has 98 valence electrons. The number of rotatable bonds is 8. The lowest BCUT2D eigenvalue weighted by Crippen LogP contribution is -2.28. The normalized spacial score (nSPS) is 11.9. The molecule has 5 nitrogen and oxygen atoms in total. The minimum absolute atomic E-state index is 0.146. The predicted octanol–water partition coefficient (Wildman–Crippen LogP) is 0.901. The van der Waals surface area contributed by atoms with Gasteiger partial charge < -0.3 is 0 Å². The lowest BCUT2D eigenvalue weighted by Gasteiger charge is -2.05. The van der Waals surface area contributed by atoms with E-state index >= 15 is 0 Å². The van der Waals surface area contributed by atoms with Crippen LogP contribution in [0.4, 0.5) is 0 Å². The van der Waals surface area contributed by atoms with Crippen LogP contribution < -0.4 is 4.72 Å². The van der Waals surface area contributed by atoms with Crippen molar-refractivity contribution in [3.05, 3.63) is 18.0 Å². The van der Waals surface area contributed by atoms with E-state index in [4.69, 9.17) is 11.6 Å². The average molecular weight is 280 g/mol. The third-order valence-electron chi connectivity index (χ3n) is 2.29. The lowest BCUT2D eigenvalue weighted by atomic mass is 10.3. The van der Waals surface area contributed by atoms with Crippen LogP contribution in [0.2, 0.25) is 0 Å². The smallest absolute Gasteiger partial charge is 0.211 e. The highest BCUT2D eigenvalue weighted by Crippen LogP contribution is 1.99. The van der Waals surface area contributed by atoms with Gasteiger partial charge in [0.1, 0.15) is 0 Å². The van der Waals surface area contributed by atoms with Gasteiger partial charge in [-0.25, -0.2) is 13.1 Å². The second kappa shape index (κ2) is 6.98. The van der Waals surface area contributed by atoms with Gasteiger partial charge in [-0.2, -0.15) is 5.10 Å². The van der Waals surface area contributed by atoms with Crippen LogP contribution >= 0.6 is 11.6 Å². The first-order valence-electron chi connectivity index (χ1n) is 5.54. The van der Waals surface area contributed by atoms with E-state index in [-0.39, 0.29) is 5.75 Å². The second-order valence-corrected chi connectivity index (χ2v) is 6.19. The van der Waals surface area contributed by atoms with E-state index in [2.05, 4.69) is 9.82 Å². The van der Waals surface area contributed by atoms with Crippen LogP contribution in [-0.4, -0.2) is 36.4 Å². The van der Waals surface area contributed by atoms with E-state index < -0.39 is 10.0 Å². The van der Waals surface area contributed by atoms with Gasteiger partial charge in [0.05, 0.1) is 11.9 Å². The van der Waals surface area contributed by atoms with E-state index in [1.54, 1.807) is 10.9 Å². The van der Waals surface area contributed by atoms with Crippen LogP contribution in [0, 0.1) is 0 Å². The fraction of sp³-hybridized carbons (Fsp3) is 0.700. The number of alkyl halides is 1. The topological polar surface area (TPSA) is 64.0 Å². The van der Waals surface area contributed by atoms with Crippen LogP contribution in [0.3, 0.4) is 0 Å². The fourth-order valence-corrected chi connectivity index (χ4v) is 2.74. The SMILES string of the molecule is Cn1cc(CCNS(=O)(=O)CCCCCl)cn1. The molecule has 0 aromatic carbocycles. The maximum absolute atomic E-state index is 11.5. The van der Waals surface area contributed by atoms with E-state index in [0.29, 0.717) is 25.3 Å². The molecule has 1 aromatic heterocycles. The molecule has 0 atom stereocenters. The van der Waals surface area contributed by atoms with Gasteiger partial charge in [0, 0.05) is 25.7 Å². The highest BCUT2D eigenvalue weighted by Gasteiger charge is 2.08. The summed E-state index contributed by atoms with van der Waals surface area (Å²) in [6, 6.07) is 0. The first-order valence-corrected chi connectivity index (χ1v) is 7.73. The summed E-state index contributed by atoms with van der Waals surface area (Å²) in [6.45, 7) is 0.412. The Labute approximate surface area is 107 Å². The zero-order valence-corrected chi connectivity index (χ0v) is 11.5. The van der Waals surface area contributed by atoms with E-state index in [1.165, 1.54) is 0 Å². The summed E-state index contributed by atoms with van der Waals surface area (Å²) in [6.07, 6.45) is 5.60. The minimum atomic E-state index is -3.15. The number of halogens is 1. The average Bonchev–Trinajstić information content (AvgIpc) is 2.64. The first-order chi connectivity index (χ1) is 8.03. The monoisotopic (exact) mass is 279 g/mol. The number of aryl methyl sites for hydroxylation is 1. The molecule has 1 N–H and O–H groups in total. The summed E-state index contributed by atoms with van der Waals surface area (Å²) in [7, 11) is -1.32. The molecule has 0 unspecified atom stereocenters. The second-order valence-electron chi connectivity index (χ2n) is 3.88. The number of aromatic nitrogens is 2. The van der Waals surface area contributed by atoms with Gasteiger partial charge in [0.15, 0.2) is 0 Å². The number of hydrogen-bond donors (Lipinski definition) is 1. The van der Waals surface area contributed by atoms with Crippen LogP contribution in [0.25, 0.3) is 0 Å². The molecular formula is C10H18ClN3O2S. The first kappa shape index (κ1) is 14.5. The molecular weight excluding hydrogens is 262 g/mol. The summed E-state index contributed by atoms with van der Waals surface area (Å²) in [5.41, 5.74) is 1.02. The quantitative estimate of drug-likeness (QED) is 0.568. The standard InChI is InChI=1S/C10H18ClN3O2S/c1-14-9-10(8-12-14)4-6-13-17(15,16)7-3-2-5-11/h8-9,13H,2-7H2,1H3. The van der Waals surface area contributed by atoms with E-state index in [9.17, 15) is 8.42 Å². The molecule has 1 aromatic rings. The molecule has 17 heavy (non-hydrogen) atoms. The number of nitrogens with zero attached hydrogens (tertiary/aromatic N) is 2. The zero-order valence-electron chi connectivity index (χ0n) is 9.89. The molecule has 7 heteroatoms. The van der Waals surface area contributed by atoms with E-state index in [0.717, 1.165) is 12.0 Å². The van der Waals surface area contributed by atoms with Crippen molar-refractivity contribution in [3.63, 3.8) is 0 Å². The maximum Gasteiger partial charge on any atom is 0.211 e. The van der Waals surface area contributed by atoms with Crippen molar-refractivity contribution in [3.8, 4) is 0 Å². The Morgan fingerprint density at radius 1 is 1.47 bits per heavy atom. The Kier molecular flexibility index (Phi) is 5.94. The van der Waals surface area contributed by atoms with Gasteiger partial charge in [-0.1, -0.05) is 0 Å². The van der Waals surface area contributed by atoms with Crippen LogP contribution in [0.1, 0.15) is 18.4 Å². The van der Waals surface area contributed by atoms with Crippen molar-refractivity contribution in [2.75, 3.05) is 18.2 Å². The highest BCUT2D eigenvalue weighted by molar-refractivity contribution is 7.89. The molecule has 0 aliphatic heterocycles. The van der Waals surface area contributed by atoms with Crippen LogP contribution in [0.15, 0.2) is 12.4 Å². The Bertz CT molecular complexity index is 431. The molecule has 1 heterocycles. The molecule has 0 saturated heterocycles. The van der Waals surface area contributed by atoms with Gasteiger partial charge in [0.2, 0.25) is 10.0 Å². The molecule has 0 aliphatic rings. The van der Waals surface area contributed by atoms with Gasteiger partial charge in [-0.05, 0) is 24.8 Å². The van der Waals surface area contributed by atoms with Crippen molar-refractivity contribution in [2.24, 2.45) is 7.05 Å². The molecule has 0 saturated carbocycles. The molecule has 0 amide bonds. The summed E-state index contributed by atoms with van der Waals surface area (Å²) in [5.74, 6) is 0.651. The fourth-order valence-electron chi connectivity index (χ4n) is 1.41. The third-order valence-corrected chi connectivity index (χ3v) is 4.03. The Balaban J connectivity index is 2.25. The summed E-state index contributed by atoms with van der Waals surface area (Å²) in [4.78, 5) is 0. The van der Waals surface area contributed by atoms with E-state index in [1.807, 2.05) is 13.2 Å². The molecule has 0 bridgehead atoms. The summed E-state index contributed by atoms with van der Waals surface area (Å²) in [5, 5.41) is 4.02. The van der Waals surface area contributed by atoms with Crippen molar-refractivity contribution >= 4 is 21.6 Å². The van der Waals surface area contributed by atoms with Gasteiger partial charge in [-0.3, -0.25) is 4.68 Å². The van der Waals surface area contributed by atoms with Crippen LogP contribution in [0.5, 0.6) is 0 Å². The van der Waals surface area contributed by atoms with Crippen molar-refractivity contribution in [1.82, 2.24) is 14.5 Å². The Morgan fingerprint density at radius 2 is 2.24 bits per heavy atom. The number of unbranched alkanes of at least 4 members (excludes halogenated alkanes) is 1. The zero-order chi connectivity index (χ0) is 12.7. The van der Waals surface area contributed by atoms with Crippen molar-refractivity contribution < 1.29 is 8.42 Å². The number of hydrogen-bond acceptors (Lipinski definition) is 3. The van der Waals surface area contributed by atoms with Crippen molar-refractivity contribution in [2.45, 2.75) is 19.3 Å². The Hall–Kier alpha value is -0.590. The van der Waals surface area contributed by atoms with Crippen LogP contribution in [-0.2, 0) is 23.5 Å². The van der Waals surface area contributed by atoms with Gasteiger partial charge in [0.25, 0.3) is 0 Å². The molecule has 0 radical (unpaired) electrons. The van der Waals surface area contributed by atoms with Gasteiger partial charge >= 0.3 is 0 Å². The summed E-state index contributed by atoms with van der Waals surface area (Å²) >= 11 is 5.49. The molecule has 1 rings (SSSR count). The van der Waals surface area contributed by atoms with Crippen molar-refractivity contribution in [1.29, 1.82) is 0 Å². The number of sulfonamides is 1. The largest absolute Gasteiger partial charge is 0.276 e.